The molecule has 1 aromatic carbocycles. The number of hydrogen-bond donors (Lipinski definition) is 1. The zero-order chi connectivity index (χ0) is 11.5. The Morgan fingerprint density at radius 3 is 3.00 bits per heavy atom. The maximum absolute atomic E-state index is 13.2. The first-order valence-corrected chi connectivity index (χ1v) is 5.72. The third-order valence-corrected chi connectivity index (χ3v) is 3.17. The van der Waals surface area contributed by atoms with E-state index in [4.69, 9.17) is 11.6 Å². The number of halogens is 2. The van der Waals surface area contributed by atoms with Gasteiger partial charge < -0.3 is 5.32 Å². The monoisotopic (exact) mass is 241 g/mol. The number of piperidine rings is 1. The zero-order valence-electron chi connectivity index (χ0n) is 8.80. The van der Waals surface area contributed by atoms with E-state index in [1.54, 1.807) is 6.07 Å². The van der Waals surface area contributed by atoms with Crippen LogP contribution in [0.15, 0.2) is 18.2 Å². The second kappa shape index (κ2) is 4.93. The molecule has 16 heavy (non-hydrogen) atoms. The van der Waals surface area contributed by atoms with Crippen LogP contribution in [0.25, 0.3) is 0 Å². The van der Waals surface area contributed by atoms with Gasteiger partial charge in [-0.1, -0.05) is 17.7 Å². The van der Waals surface area contributed by atoms with Crippen LogP contribution in [0.1, 0.15) is 12.0 Å². The molecule has 1 heterocycles. The van der Waals surface area contributed by atoms with E-state index in [2.05, 4.69) is 5.32 Å². The first-order valence-electron chi connectivity index (χ1n) is 5.34. The second-order valence-electron chi connectivity index (χ2n) is 4.07. The molecular formula is C12H13ClFNO. The zero-order valence-corrected chi connectivity index (χ0v) is 9.56. The molecule has 2 nitrogen and oxygen atoms in total. The molecule has 0 bridgehead atoms. The molecule has 86 valence electrons. The Morgan fingerprint density at radius 1 is 1.50 bits per heavy atom. The van der Waals surface area contributed by atoms with E-state index >= 15 is 0 Å². The maximum Gasteiger partial charge on any atom is 0.142 e. The van der Waals surface area contributed by atoms with Crippen molar-refractivity contribution in [3.8, 4) is 0 Å². The molecule has 1 unspecified atom stereocenters. The summed E-state index contributed by atoms with van der Waals surface area (Å²) in [6.45, 7) is 1.44. The largest absolute Gasteiger partial charge is 0.316 e. The number of ketones is 1. The van der Waals surface area contributed by atoms with Crippen molar-refractivity contribution in [2.75, 3.05) is 13.1 Å². The highest BCUT2D eigenvalue weighted by Gasteiger charge is 2.22. The minimum atomic E-state index is -0.421. The van der Waals surface area contributed by atoms with Gasteiger partial charge in [-0.2, -0.15) is 0 Å². The van der Waals surface area contributed by atoms with Gasteiger partial charge in [0.1, 0.15) is 11.6 Å². The standard InChI is InChI=1S/C12H13ClFNO/c13-10-2-1-8(6-11(10)14)5-9-7-15-4-3-12(9)16/h1-2,6,9,15H,3-5,7H2. The second-order valence-corrected chi connectivity index (χ2v) is 4.48. The van der Waals surface area contributed by atoms with E-state index in [-0.39, 0.29) is 16.7 Å². The smallest absolute Gasteiger partial charge is 0.142 e. The molecule has 0 aliphatic carbocycles. The summed E-state index contributed by atoms with van der Waals surface area (Å²) in [5, 5.41) is 3.29. The lowest BCUT2D eigenvalue weighted by atomic mass is 9.91. The number of benzene rings is 1. The van der Waals surface area contributed by atoms with Gasteiger partial charge in [-0.05, 0) is 24.1 Å². The van der Waals surface area contributed by atoms with Crippen LogP contribution in [0.5, 0.6) is 0 Å². The van der Waals surface area contributed by atoms with Crippen molar-refractivity contribution in [3.05, 3.63) is 34.6 Å². The Balaban J connectivity index is 2.08. The summed E-state index contributed by atoms with van der Waals surface area (Å²) in [5.41, 5.74) is 0.823. The normalized spacial score (nSPS) is 21.1. The first-order chi connectivity index (χ1) is 7.66. The van der Waals surface area contributed by atoms with Crippen molar-refractivity contribution in [3.63, 3.8) is 0 Å². The van der Waals surface area contributed by atoms with E-state index in [0.717, 1.165) is 12.1 Å². The molecule has 0 aromatic heterocycles. The minimum Gasteiger partial charge on any atom is -0.316 e. The predicted molar refractivity (Wildman–Crippen MR) is 61.1 cm³/mol. The third-order valence-electron chi connectivity index (χ3n) is 2.86. The van der Waals surface area contributed by atoms with E-state index in [0.29, 0.717) is 19.4 Å². The van der Waals surface area contributed by atoms with Crippen molar-refractivity contribution in [2.24, 2.45) is 5.92 Å². The molecule has 1 aliphatic rings. The van der Waals surface area contributed by atoms with Crippen LogP contribution >= 0.6 is 11.6 Å². The molecule has 2 rings (SSSR count). The number of hydrogen-bond acceptors (Lipinski definition) is 2. The van der Waals surface area contributed by atoms with Gasteiger partial charge in [0.25, 0.3) is 0 Å². The van der Waals surface area contributed by atoms with E-state index < -0.39 is 5.82 Å². The molecule has 1 aromatic rings. The van der Waals surface area contributed by atoms with Gasteiger partial charge in [0.05, 0.1) is 5.02 Å². The fourth-order valence-corrected chi connectivity index (χ4v) is 2.06. The topological polar surface area (TPSA) is 29.1 Å². The van der Waals surface area contributed by atoms with Crippen LogP contribution in [-0.2, 0) is 11.2 Å². The quantitative estimate of drug-likeness (QED) is 0.860. The lowest BCUT2D eigenvalue weighted by molar-refractivity contribution is -0.123. The summed E-state index contributed by atoms with van der Waals surface area (Å²) in [7, 11) is 0. The summed E-state index contributed by atoms with van der Waals surface area (Å²) < 4.78 is 13.2. The van der Waals surface area contributed by atoms with Crippen LogP contribution in [-0.4, -0.2) is 18.9 Å². The summed E-state index contributed by atoms with van der Waals surface area (Å²) in [6, 6.07) is 4.71. The Morgan fingerprint density at radius 2 is 2.31 bits per heavy atom. The fraction of sp³-hybridized carbons (Fsp3) is 0.417. The van der Waals surface area contributed by atoms with E-state index in [9.17, 15) is 9.18 Å². The van der Waals surface area contributed by atoms with Gasteiger partial charge in [-0.3, -0.25) is 4.79 Å². The first kappa shape index (κ1) is 11.6. The average Bonchev–Trinajstić information content (AvgIpc) is 2.27. The number of Topliss-reactive ketones (excluding diaryl/α,β-unsaturated/α-hetero) is 1. The lowest BCUT2D eigenvalue weighted by Gasteiger charge is -2.21. The van der Waals surface area contributed by atoms with E-state index in [1.807, 2.05) is 0 Å². The van der Waals surface area contributed by atoms with Gasteiger partial charge >= 0.3 is 0 Å². The van der Waals surface area contributed by atoms with Crippen LogP contribution < -0.4 is 5.32 Å². The average molecular weight is 242 g/mol. The van der Waals surface area contributed by atoms with Crippen LogP contribution in [0.3, 0.4) is 0 Å². The summed E-state index contributed by atoms with van der Waals surface area (Å²) >= 11 is 5.60. The maximum atomic E-state index is 13.2. The molecule has 0 radical (unpaired) electrons. The molecule has 1 atom stereocenters. The Bertz CT molecular complexity index is 408. The summed E-state index contributed by atoms with van der Waals surface area (Å²) in [6.07, 6.45) is 1.15. The van der Waals surface area contributed by atoms with E-state index in [1.165, 1.54) is 12.1 Å². The van der Waals surface area contributed by atoms with Gasteiger partial charge in [0.2, 0.25) is 0 Å². The van der Waals surface area contributed by atoms with Crippen molar-refractivity contribution in [1.29, 1.82) is 0 Å². The van der Waals surface area contributed by atoms with Crippen molar-refractivity contribution < 1.29 is 9.18 Å². The van der Waals surface area contributed by atoms with Crippen LogP contribution in [0.4, 0.5) is 4.39 Å². The van der Waals surface area contributed by atoms with Crippen LogP contribution in [0.2, 0.25) is 5.02 Å². The summed E-state index contributed by atoms with van der Waals surface area (Å²) in [4.78, 5) is 11.6. The Kier molecular flexibility index (Phi) is 3.56. The molecule has 4 heteroatoms. The van der Waals surface area contributed by atoms with Crippen molar-refractivity contribution in [2.45, 2.75) is 12.8 Å². The highest BCUT2D eigenvalue weighted by Crippen LogP contribution is 2.19. The minimum absolute atomic E-state index is 0.0330. The predicted octanol–water partition coefficient (Wildman–Crippen LogP) is 2.20. The van der Waals surface area contributed by atoms with Gasteiger partial charge in [0, 0.05) is 25.4 Å². The Labute approximate surface area is 98.8 Å². The van der Waals surface area contributed by atoms with Gasteiger partial charge in [-0.25, -0.2) is 4.39 Å². The molecule has 1 fully saturated rings. The van der Waals surface area contributed by atoms with Gasteiger partial charge in [0.15, 0.2) is 0 Å². The third kappa shape index (κ3) is 2.60. The fourth-order valence-electron chi connectivity index (χ4n) is 1.94. The van der Waals surface area contributed by atoms with Crippen LogP contribution in [0, 0.1) is 11.7 Å². The molecule has 0 saturated carbocycles. The molecule has 0 amide bonds. The highest BCUT2D eigenvalue weighted by atomic mass is 35.5. The molecule has 1 N–H and O–H groups in total. The van der Waals surface area contributed by atoms with Gasteiger partial charge in [-0.15, -0.1) is 0 Å². The van der Waals surface area contributed by atoms with Crippen molar-refractivity contribution in [1.82, 2.24) is 5.32 Å². The highest BCUT2D eigenvalue weighted by molar-refractivity contribution is 6.30. The number of carbonyl (C=O) groups excluding carboxylic acids is 1. The SMILES string of the molecule is O=C1CCNCC1Cc1ccc(Cl)c(F)c1. The molecule has 1 aliphatic heterocycles. The lowest BCUT2D eigenvalue weighted by Crippen LogP contribution is -2.37. The molecule has 0 spiro atoms. The molecule has 1 saturated heterocycles. The summed E-state index contributed by atoms with van der Waals surface area (Å²) in [5.74, 6) is -0.196. The number of nitrogens with one attached hydrogen (secondary N) is 1. The Hall–Kier alpha value is -0.930. The molecular weight excluding hydrogens is 229 g/mol. The number of rotatable bonds is 2. The van der Waals surface area contributed by atoms with Crippen molar-refractivity contribution >= 4 is 17.4 Å². The number of carbonyl (C=O) groups is 1.